The molecule has 0 bridgehead atoms. The van der Waals surface area contributed by atoms with E-state index in [-0.39, 0.29) is 17.8 Å². The molecule has 21 heavy (non-hydrogen) atoms. The third kappa shape index (κ3) is 3.33. The van der Waals surface area contributed by atoms with Gasteiger partial charge < -0.3 is 11.1 Å². The molecule has 0 fully saturated rings. The molecule has 3 N–H and O–H groups in total. The number of benzene rings is 1. The number of pyridine rings is 1. The van der Waals surface area contributed by atoms with Gasteiger partial charge >= 0.3 is 0 Å². The zero-order valence-electron chi connectivity index (χ0n) is 11.4. The van der Waals surface area contributed by atoms with E-state index in [2.05, 4.69) is 10.3 Å². The summed E-state index contributed by atoms with van der Waals surface area (Å²) in [4.78, 5) is 26.4. The maximum Gasteiger partial charge on any atom is 0.282 e. The summed E-state index contributed by atoms with van der Waals surface area (Å²) in [6.45, 7) is 2.14. The number of amides is 1. The largest absolute Gasteiger partial charge is 0.399 e. The van der Waals surface area contributed by atoms with E-state index in [4.69, 9.17) is 5.73 Å². The molecule has 0 unspecified atom stereocenters. The van der Waals surface area contributed by atoms with Gasteiger partial charge in [-0.05, 0) is 36.2 Å². The van der Waals surface area contributed by atoms with Crippen molar-refractivity contribution in [3.63, 3.8) is 0 Å². The van der Waals surface area contributed by atoms with Gasteiger partial charge in [0, 0.05) is 30.7 Å². The van der Waals surface area contributed by atoms with Gasteiger partial charge in [0.25, 0.3) is 11.6 Å². The maximum absolute atomic E-state index is 12.1. The van der Waals surface area contributed by atoms with Crippen LogP contribution in [0.25, 0.3) is 0 Å². The Labute approximate surface area is 121 Å². The fourth-order valence-electron chi connectivity index (χ4n) is 1.85. The van der Waals surface area contributed by atoms with Crippen molar-refractivity contribution in [2.75, 3.05) is 5.73 Å². The summed E-state index contributed by atoms with van der Waals surface area (Å²) in [6.07, 6.45) is 3.30. The zero-order valence-corrected chi connectivity index (χ0v) is 11.4. The van der Waals surface area contributed by atoms with Crippen molar-refractivity contribution in [3.8, 4) is 0 Å². The second-order valence-corrected chi connectivity index (χ2v) is 4.52. The Morgan fingerprint density at radius 1 is 1.43 bits per heavy atom. The van der Waals surface area contributed by atoms with Crippen LogP contribution in [0.1, 0.15) is 21.5 Å². The lowest BCUT2D eigenvalue weighted by atomic mass is 10.1. The molecule has 0 aliphatic rings. The van der Waals surface area contributed by atoms with Crippen LogP contribution in [0, 0.1) is 17.0 Å². The van der Waals surface area contributed by atoms with Crippen LogP contribution in [-0.4, -0.2) is 15.8 Å². The number of nitrogens with zero attached hydrogens (tertiary/aromatic N) is 2. The Morgan fingerprint density at radius 3 is 2.86 bits per heavy atom. The number of aromatic nitrogens is 1. The lowest BCUT2D eigenvalue weighted by Gasteiger charge is -2.08. The highest BCUT2D eigenvalue weighted by Crippen LogP contribution is 2.21. The van der Waals surface area contributed by atoms with Gasteiger partial charge in [0.15, 0.2) is 0 Å². The monoisotopic (exact) mass is 286 g/mol. The van der Waals surface area contributed by atoms with Gasteiger partial charge in [0.05, 0.1) is 4.92 Å². The zero-order chi connectivity index (χ0) is 15.4. The van der Waals surface area contributed by atoms with E-state index >= 15 is 0 Å². The number of nitro groups is 1. The molecule has 0 atom stereocenters. The predicted molar refractivity (Wildman–Crippen MR) is 77.7 cm³/mol. The standard InChI is InChI=1S/C14H14N4O3/c1-9-4-5-16-7-10(9)8-17-14(19)12-6-11(15)2-3-13(12)18(20)21/h2-7H,8,15H2,1H3,(H,17,19). The Kier molecular flexibility index (Phi) is 4.13. The predicted octanol–water partition coefficient (Wildman–Crippen LogP) is 1.81. The maximum atomic E-state index is 12.1. The summed E-state index contributed by atoms with van der Waals surface area (Å²) in [5.41, 5.74) is 7.38. The fraction of sp³-hybridized carbons (Fsp3) is 0.143. The number of carbonyl (C=O) groups excluding carboxylic acids is 1. The fourth-order valence-corrected chi connectivity index (χ4v) is 1.85. The Hall–Kier alpha value is -2.96. The van der Waals surface area contributed by atoms with Gasteiger partial charge in [-0.2, -0.15) is 0 Å². The molecule has 108 valence electrons. The van der Waals surface area contributed by atoms with Crippen LogP contribution in [0.2, 0.25) is 0 Å². The average molecular weight is 286 g/mol. The molecular weight excluding hydrogens is 272 g/mol. The lowest BCUT2D eigenvalue weighted by Crippen LogP contribution is -2.24. The Bertz CT molecular complexity index is 700. The van der Waals surface area contributed by atoms with Crippen molar-refractivity contribution in [1.82, 2.24) is 10.3 Å². The SMILES string of the molecule is Cc1ccncc1CNC(=O)c1cc(N)ccc1[N+](=O)[O-]. The highest BCUT2D eigenvalue weighted by Gasteiger charge is 2.20. The number of rotatable bonds is 4. The number of nitrogens with two attached hydrogens (primary N) is 1. The minimum Gasteiger partial charge on any atom is -0.399 e. The topological polar surface area (TPSA) is 111 Å². The molecule has 1 aromatic carbocycles. The molecule has 1 heterocycles. The van der Waals surface area contributed by atoms with E-state index in [1.54, 1.807) is 12.4 Å². The molecular formula is C14H14N4O3. The highest BCUT2D eigenvalue weighted by molar-refractivity contribution is 5.99. The number of nitrogens with one attached hydrogen (secondary N) is 1. The van der Waals surface area contributed by atoms with Crippen molar-refractivity contribution in [2.24, 2.45) is 0 Å². The first kappa shape index (κ1) is 14.4. The van der Waals surface area contributed by atoms with Crippen molar-refractivity contribution in [2.45, 2.75) is 13.5 Å². The van der Waals surface area contributed by atoms with E-state index in [0.717, 1.165) is 11.1 Å². The van der Waals surface area contributed by atoms with Crippen molar-refractivity contribution in [1.29, 1.82) is 0 Å². The molecule has 2 rings (SSSR count). The number of nitrogen functional groups attached to an aromatic ring is 1. The quantitative estimate of drug-likeness (QED) is 0.506. The normalized spacial score (nSPS) is 10.1. The molecule has 7 nitrogen and oxygen atoms in total. The number of carbonyl (C=O) groups is 1. The van der Waals surface area contributed by atoms with Gasteiger partial charge in [-0.1, -0.05) is 0 Å². The molecule has 0 radical (unpaired) electrons. The third-order valence-electron chi connectivity index (χ3n) is 3.05. The summed E-state index contributed by atoms with van der Waals surface area (Å²) < 4.78 is 0. The van der Waals surface area contributed by atoms with Crippen molar-refractivity contribution in [3.05, 3.63) is 63.5 Å². The van der Waals surface area contributed by atoms with E-state index in [1.165, 1.54) is 18.2 Å². The second kappa shape index (κ2) is 6.00. The van der Waals surface area contributed by atoms with Crippen LogP contribution >= 0.6 is 0 Å². The molecule has 7 heteroatoms. The minimum atomic E-state index is -0.607. The van der Waals surface area contributed by atoms with Crippen molar-refractivity contribution < 1.29 is 9.72 Å². The van der Waals surface area contributed by atoms with Gasteiger partial charge in [0.2, 0.25) is 0 Å². The molecule has 0 spiro atoms. The van der Waals surface area contributed by atoms with Crippen LogP contribution in [0.5, 0.6) is 0 Å². The molecule has 0 saturated heterocycles. The molecule has 1 amide bonds. The van der Waals surface area contributed by atoms with Crippen LogP contribution in [0.15, 0.2) is 36.7 Å². The first-order chi connectivity index (χ1) is 9.99. The van der Waals surface area contributed by atoms with Crippen LogP contribution in [0.3, 0.4) is 0 Å². The molecule has 0 aliphatic heterocycles. The Balaban J connectivity index is 2.19. The van der Waals surface area contributed by atoms with E-state index in [0.29, 0.717) is 5.69 Å². The number of anilines is 1. The summed E-state index contributed by atoms with van der Waals surface area (Å²) in [6, 6.07) is 5.73. The summed E-state index contributed by atoms with van der Waals surface area (Å²) in [7, 11) is 0. The summed E-state index contributed by atoms with van der Waals surface area (Å²) in [5, 5.41) is 13.6. The first-order valence-corrected chi connectivity index (χ1v) is 6.20. The summed E-state index contributed by atoms with van der Waals surface area (Å²) >= 11 is 0. The molecule has 0 saturated carbocycles. The smallest absolute Gasteiger partial charge is 0.282 e. The minimum absolute atomic E-state index is 0.0541. The van der Waals surface area contributed by atoms with E-state index in [1.807, 2.05) is 13.0 Å². The second-order valence-electron chi connectivity index (χ2n) is 4.52. The highest BCUT2D eigenvalue weighted by atomic mass is 16.6. The lowest BCUT2D eigenvalue weighted by molar-refractivity contribution is -0.385. The molecule has 1 aromatic heterocycles. The average Bonchev–Trinajstić information content (AvgIpc) is 2.45. The van der Waals surface area contributed by atoms with Gasteiger partial charge in [-0.3, -0.25) is 19.9 Å². The van der Waals surface area contributed by atoms with Gasteiger partial charge in [-0.25, -0.2) is 0 Å². The third-order valence-corrected chi connectivity index (χ3v) is 3.05. The number of hydrogen-bond acceptors (Lipinski definition) is 5. The molecule has 0 aliphatic carbocycles. The van der Waals surface area contributed by atoms with Crippen molar-refractivity contribution >= 4 is 17.3 Å². The summed E-state index contributed by atoms with van der Waals surface area (Å²) in [5.74, 6) is -0.544. The van der Waals surface area contributed by atoms with E-state index in [9.17, 15) is 14.9 Å². The van der Waals surface area contributed by atoms with Crippen LogP contribution in [0.4, 0.5) is 11.4 Å². The first-order valence-electron chi connectivity index (χ1n) is 6.20. The van der Waals surface area contributed by atoms with Crippen LogP contribution in [-0.2, 0) is 6.54 Å². The van der Waals surface area contributed by atoms with Gasteiger partial charge in [0.1, 0.15) is 5.56 Å². The van der Waals surface area contributed by atoms with Crippen LogP contribution < -0.4 is 11.1 Å². The van der Waals surface area contributed by atoms with E-state index < -0.39 is 10.8 Å². The van der Waals surface area contributed by atoms with Gasteiger partial charge in [-0.15, -0.1) is 0 Å². The number of hydrogen-bond donors (Lipinski definition) is 2. The number of aryl methyl sites for hydroxylation is 1. The molecule has 2 aromatic rings. The Morgan fingerprint density at radius 2 is 2.19 bits per heavy atom. The number of nitro benzene ring substituents is 1.